The predicted molar refractivity (Wildman–Crippen MR) is 77.1 cm³/mol. The second-order valence-corrected chi connectivity index (χ2v) is 20.7. The SMILES string of the molecule is CC(B(Cl)C(C)[Si](C)(Cl)Cl)[Si](C)(Cl)Cl. The molecular weight excluding hydrogens is 316 g/mol. The van der Waals surface area contributed by atoms with Crippen molar-refractivity contribution < 1.29 is 0 Å². The van der Waals surface area contributed by atoms with E-state index in [-0.39, 0.29) is 17.0 Å². The monoisotopic (exact) mass is 328 g/mol. The molecule has 0 amide bonds. The van der Waals surface area contributed by atoms with Crippen molar-refractivity contribution in [2.24, 2.45) is 0 Å². The van der Waals surface area contributed by atoms with E-state index in [2.05, 4.69) is 0 Å². The van der Waals surface area contributed by atoms with E-state index >= 15 is 0 Å². The zero-order chi connectivity index (χ0) is 11.7. The van der Waals surface area contributed by atoms with Crippen LogP contribution >= 0.6 is 55.8 Å². The lowest BCUT2D eigenvalue weighted by atomic mass is 9.69. The quantitative estimate of drug-likeness (QED) is 0.492. The van der Waals surface area contributed by atoms with Gasteiger partial charge in [-0.1, -0.05) is 13.8 Å². The lowest BCUT2D eigenvalue weighted by Gasteiger charge is -2.29. The molecule has 14 heavy (non-hydrogen) atoms. The van der Waals surface area contributed by atoms with Crippen LogP contribution in [0.3, 0.4) is 0 Å². The molecule has 2 atom stereocenters. The summed E-state index contributed by atoms with van der Waals surface area (Å²) >= 11 is 30.8. The lowest BCUT2D eigenvalue weighted by molar-refractivity contribution is 1.19. The van der Waals surface area contributed by atoms with Gasteiger partial charge in [-0.2, -0.15) is 11.5 Å². The van der Waals surface area contributed by atoms with Crippen LogP contribution in [-0.4, -0.2) is 19.5 Å². The number of hydrogen-bond donors (Lipinski definition) is 0. The fourth-order valence-corrected chi connectivity index (χ4v) is 6.79. The highest BCUT2D eigenvalue weighted by molar-refractivity contribution is 7.52. The molecular formula is C6H14BCl5Si2. The van der Waals surface area contributed by atoms with Crippen molar-refractivity contribution in [3.05, 3.63) is 0 Å². The van der Waals surface area contributed by atoms with Crippen molar-refractivity contribution in [2.45, 2.75) is 37.8 Å². The Balaban J connectivity index is 4.56. The molecule has 0 N–H and O–H groups in total. The molecule has 0 rings (SSSR count). The van der Waals surface area contributed by atoms with Crippen LogP contribution in [-0.2, 0) is 0 Å². The van der Waals surface area contributed by atoms with Crippen LogP contribution in [0, 0.1) is 0 Å². The molecule has 0 spiro atoms. The van der Waals surface area contributed by atoms with Crippen LogP contribution in [0.15, 0.2) is 0 Å². The summed E-state index contributed by atoms with van der Waals surface area (Å²) in [5, 5.41) is 0. The van der Waals surface area contributed by atoms with Gasteiger partial charge in [0.2, 0.25) is 13.4 Å². The highest BCUT2D eigenvalue weighted by Gasteiger charge is 2.45. The molecule has 2 unspecified atom stereocenters. The molecule has 0 nitrogen and oxygen atoms in total. The van der Waals surface area contributed by atoms with Crippen LogP contribution in [0.2, 0.25) is 24.0 Å². The summed E-state index contributed by atoms with van der Waals surface area (Å²) in [7, 11) is 0. The second-order valence-electron chi connectivity index (χ2n) is 3.93. The summed E-state index contributed by atoms with van der Waals surface area (Å²) in [5.41, 5.74) is 0.152. The van der Waals surface area contributed by atoms with Crippen LogP contribution < -0.4 is 0 Å². The van der Waals surface area contributed by atoms with Crippen LogP contribution in [0.1, 0.15) is 13.8 Å². The summed E-state index contributed by atoms with van der Waals surface area (Å²) in [6.45, 7) is 3.17. The zero-order valence-corrected chi connectivity index (χ0v) is 14.4. The summed E-state index contributed by atoms with van der Waals surface area (Å²) in [4.78, 5) is 0. The molecule has 0 aliphatic rings. The van der Waals surface area contributed by atoms with Crippen molar-refractivity contribution in [3.8, 4) is 0 Å². The van der Waals surface area contributed by atoms with Gasteiger partial charge in [0.1, 0.15) is 0 Å². The summed E-state index contributed by atoms with van der Waals surface area (Å²) in [6.07, 6.45) is -0.145. The Kier molecular flexibility index (Phi) is 6.29. The minimum absolute atomic E-state index is 0.0758. The van der Waals surface area contributed by atoms with Crippen molar-refractivity contribution in [1.82, 2.24) is 0 Å². The van der Waals surface area contributed by atoms with Crippen molar-refractivity contribution in [3.63, 3.8) is 0 Å². The minimum atomic E-state index is -2.25. The Bertz CT molecular complexity index is 170. The van der Waals surface area contributed by atoms with E-state index in [4.69, 9.17) is 55.8 Å². The number of hydrogen-bond acceptors (Lipinski definition) is 0. The fourth-order valence-electron chi connectivity index (χ4n) is 0.992. The van der Waals surface area contributed by atoms with E-state index in [1.807, 2.05) is 26.9 Å². The van der Waals surface area contributed by atoms with Crippen LogP contribution in [0.4, 0.5) is 0 Å². The van der Waals surface area contributed by atoms with E-state index in [1.165, 1.54) is 0 Å². The first-order chi connectivity index (χ1) is 5.98. The summed E-state index contributed by atoms with van der Waals surface area (Å²) in [6, 6.07) is 0. The van der Waals surface area contributed by atoms with Gasteiger partial charge in [-0.15, -0.1) is 44.3 Å². The Hall–Kier alpha value is 1.95. The molecule has 0 fully saturated rings. The molecule has 0 aromatic heterocycles. The van der Waals surface area contributed by atoms with Gasteiger partial charge in [0.15, 0.2) is 0 Å². The van der Waals surface area contributed by atoms with E-state index in [0.29, 0.717) is 0 Å². The van der Waals surface area contributed by atoms with Gasteiger partial charge in [0.05, 0.1) is 0 Å². The third-order valence-corrected chi connectivity index (χ3v) is 11.8. The van der Waals surface area contributed by atoms with Gasteiger partial charge in [-0.3, -0.25) is 0 Å². The zero-order valence-electron chi connectivity index (χ0n) is 8.62. The minimum Gasteiger partial charge on any atom is -0.196 e. The predicted octanol–water partition coefficient (Wildman–Crippen LogP) is 5.17. The smallest absolute Gasteiger partial charge is 0.196 e. The molecule has 84 valence electrons. The maximum atomic E-state index is 6.28. The molecule has 0 aliphatic heterocycles. The Labute approximate surface area is 112 Å². The maximum Gasteiger partial charge on any atom is 0.255 e. The molecule has 0 aromatic rings. The largest absolute Gasteiger partial charge is 0.255 e. The van der Waals surface area contributed by atoms with Gasteiger partial charge in [0, 0.05) is 0 Å². The van der Waals surface area contributed by atoms with E-state index in [1.54, 1.807) is 0 Å². The standard InChI is InChI=1S/C6H14BCl5Si2/c1-5(13(3,9)10)7(8)6(2)14(4,11)12/h5-6H,1-4H3. The second kappa shape index (κ2) is 5.52. The van der Waals surface area contributed by atoms with Gasteiger partial charge < -0.3 is 0 Å². The molecule has 0 radical (unpaired) electrons. The van der Waals surface area contributed by atoms with Gasteiger partial charge in [0.25, 0.3) is 6.13 Å². The molecule has 0 aromatic carbocycles. The summed E-state index contributed by atoms with van der Waals surface area (Å²) in [5.74, 6) is 0. The van der Waals surface area contributed by atoms with E-state index < -0.39 is 13.4 Å². The fraction of sp³-hybridized carbons (Fsp3) is 1.00. The normalized spacial score (nSPS) is 17.8. The maximum absolute atomic E-state index is 6.28. The molecule has 8 heteroatoms. The number of halogens is 5. The van der Waals surface area contributed by atoms with Crippen molar-refractivity contribution in [2.75, 3.05) is 0 Å². The van der Waals surface area contributed by atoms with Crippen LogP contribution in [0.25, 0.3) is 0 Å². The molecule has 0 heterocycles. The topological polar surface area (TPSA) is 0 Å². The first-order valence-corrected chi connectivity index (χ1v) is 14.0. The average Bonchev–Trinajstić information content (AvgIpc) is 1.97. The van der Waals surface area contributed by atoms with Gasteiger partial charge in [-0.25, -0.2) is 0 Å². The molecule has 0 saturated carbocycles. The molecule has 0 aliphatic carbocycles. The van der Waals surface area contributed by atoms with Crippen LogP contribution in [0.5, 0.6) is 0 Å². The van der Waals surface area contributed by atoms with Crippen molar-refractivity contribution >= 4 is 75.3 Å². The first kappa shape index (κ1) is 15.9. The molecule has 0 bridgehead atoms. The Morgan fingerprint density at radius 3 is 1.21 bits per heavy atom. The summed E-state index contributed by atoms with van der Waals surface area (Å²) < 4.78 is 0. The Morgan fingerprint density at radius 2 is 1.07 bits per heavy atom. The van der Waals surface area contributed by atoms with Gasteiger partial charge in [-0.05, 0) is 24.0 Å². The number of rotatable bonds is 4. The van der Waals surface area contributed by atoms with E-state index in [9.17, 15) is 0 Å². The lowest BCUT2D eigenvalue weighted by Crippen LogP contribution is -2.39. The highest BCUT2D eigenvalue weighted by Crippen LogP contribution is 2.42. The third kappa shape index (κ3) is 4.85. The van der Waals surface area contributed by atoms with Gasteiger partial charge >= 0.3 is 0 Å². The van der Waals surface area contributed by atoms with E-state index in [0.717, 1.165) is 0 Å². The average molecular weight is 330 g/mol. The Morgan fingerprint density at radius 1 is 0.857 bits per heavy atom. The third-order valence-electron chi connectivity index (χ3n) is 2.55. The highest BCUT2D eigenvalue weighted by atomic mass is 35.7. The first-order valence-electron chi connectivity index (χ1n) is 4.37. The molecule has 0 saturated heterocycles. The van der Waals surface area contributed by atoms with Crippen molar-refractivity contribution in [1.29, 1.82) is 0 Å².